The van der Waals surface area contributed by atoms with Crippen LogP contribution in [0.25, 0.3) is 0 Å². The van der Waals surface area contributed by atoms with Crippen LogP contribution in [-0.4, -0.2) is 28.3 Å². The van der Waals surface area contributed by atoms with Crippen LogP contribution >= 0.6 is 0 Å². The zero-order valence-corrected chi connectivity index (χ0v) is 10.4. The predicted molar refractivity (Wildman–Crippen MR) is 64.2 cm³/mol. The number of ketones is 1. The minimum absolute atomic E-state index is 0.235. The molecule has 96 valence electrons. The molecule has 1 saturated carbocycles. The summed E-state index contributed by atoms with van der Waals surface area (Å²) < 4.78 is 4.86. The maximum Gasteiger partial charge on any atom is 0.341 e. The SMILES string of the molecule is CCOC(=O)c1cnc(C2CCC(=O)CC2)nc1. The molecule has 5 heteroatoms. The molecule has 18 heavy (non-hydrogen) atoms. The Balaban J connectivity index is 2.03. The number of aromatic nitrogens is 2. The number of rotatable bonds is 3. The fourth-order valence-electron chi connectivity index (χ4n) is 2.07. The first kappa shape index (κ1) is 12.7. The fraction of sp³-hybridized carbons (Fsp3) is 0.538. The fourth-order valence-corrected chi connectivity index (χ4v) is 2.07. The second-order valence-corrected chi connectivity index (χ2v) is 4.36. The highest BCUT2D eigenvalue weighted by atomic mass is 16.5. The lowest BCUT2D eigenvalue weighted by Gasteiger charge is -2.19. The zero-order valence-electron chi connectivity index (χ0n) is 10.4. The van der Waals surface area contributed by atoms with Gasteiger partial charge in [-0.25, -0.2) is 14.8 Å². The number of hydrogen-bond acceptors (Lipinski definition) is 5. The third-order valence-corrected chi connectivity index (χ3v) is 3.09. The van der Waals surface area contributed by atoms with Crippen LogP contribution in [0.5, 0.6) is 0 Å². The van der Waals surface area contributed by atoms with Crippen molar-refractivity contribution >= 4 is 11.8 Å². The van der Waals surface area contributed by atoms with E-state index in [1.54, 1.807) is 6.92 Å². The highest BCUT2D eigenvalue weighted by Crippen LogP contribution is 2.28. The molecule has 0 spiro atoms. The number of hydrogen-bond donors (Lipinski definition) is 0. The van der Waals surface area contributed by atoms with Crippen molar-refractivity contribution in [3.8, 4) is 0 Å². The Hall–Kier alpha value is -1.78. The Morgan fingerprint density at radius 2 is 1.94 bits per heavy atom. The summed E-state index contributed by atoms with van der Waals surface area (Å²) in [5.41, 5.74) is 0.368. The lowest BCUT2D eigenvalue weighted by Crippen LogP contribution is -2.15. The lowest BCUT2D eigenvalue weighted by atomic mass is 9.88. The van der Waals surface area contributed by atoms with Crippen molar-refractivity contribution in [1.29, 1.82) is 0 Å². The van der Waals surface area contributed by atoms with Crippen LogP contribution in [0.4, 0.5) is 0 Å². The van der Waals surface area contributed by atoms with Crippen molar-refractivity contribution in [3.63, 3.8) is 0 Å². The van der Waals surface area contributed by atoms with Gasteiger partial charge < -0.3 is 4.74 Å². The second-order valence-electron chi connectivity index (χ2n) is 4.36. The van der Waals surface area contributed by atoms with Crippen LogP contribution < -0.4 is 0 Å². The summed E-state index contributed by atoms with van der Waals surface area (Å²) in [7, 11) is 0. The Kier molecular flexibility index (Phi) is 4.02. The van der Waals surface area contributed by atoms with E-state index in [-0.39, 0.29) is 5.92 Å². The molecule has 0 radical (unpaired) electrons. The summed E-state index contributed by atoms with van der Waals surface area (Å²) >= 11 is 0. The summed E-state index contributed by atoms with van der Waals surface area (Å²) in [6.07, 6.45) is 5.81. The topological polar surface area (TPSA) is 69.2 Å². The Morgan fingerprint density at radius 3 is 2.50 bits per heavy atom. The zero-order chi connectivity index (χ0) is 13.0. The van der Waals surface area contributed by atoms with Crippen molar-refractivity contribution in [2.75, 3.05) is 6.61 Å². The predicted octanol–water partition coefficient (Wildman–Crippen LogP) is 1.88. The van der Waals surface area contributed by atoms with Crippen molar-refractivity contribution in [2.45, 2.75) is 38.5 Å². The molecule has 1 aliphatic rings. The third kappa shape index (κ3) is 2.91. The Morgan fingerprint density at radius 1 is 1.33 bits per heavy atom. The van der Waals surface area contributed by atoms with Gasteiger partial charge >= 0.3 is 5.97 Å². The van der Waals surface area contributed by atoms with E-state index < -0.39 is 5.97 Å². The number of carbonyl (C=O) groups is 2. The van der Waals surface area contributed by atoms with Crippen molar-refractivity contribution in [1.82, 2.24) is 9.97 Å². The first-order chi connectivity index (χ1) is 8.70. The van der Waals surface area contributed by atoms with Gasteiger partial charge in [-0.15, -0.1) is 0 Å². The van der Waals surface area contributed by atoms with E-state index >= 15 is 0 Å². The summed E-state index contributed by atoms with van der Waals surface area (Å²) in [5, 5.41) is 0. The molecule has 1 aliphatic carbocycles. The van der Waals surface area contributed by atoms with Crippen molar-refractivity contribution < 1.29 is 14.3 Å². The standard InChI is InChI=1S/C13H16N2O3/c1-2-18-13(17)10-7-14-12(15-8-10)9-3-5-11(16)6-4-9/h7-9H,2-6H2,1H3. The number of carbonyl (C=O) groups excluding carboxylic acids is 2. The molecular formula is C13H16N2O3. The quantitative estimate of drug-likeness (QED) is 0.764. The average Bonchev–Trinajstić information content (AvgIpc) is 2.40. The molecule has 0 unspecified atom stereocenters. The van der Waals surface area contributed by atoms with E-state index in [1.807, 2.05) is 0 Å². The first-order valence-electron chi connectivity index (χ1n) is 6.21. The van der Waals surface area contributed by atoms with Gasteiger partial charge in [0.2, 0.25) is 0 Å². The second kappa shape index (κ2) is 5.71. The van der Waals surface area contributed by atoms with Gasteiger partial charge in [0.15, 0.2) is 0 Å². The van der Waals surface area contributed by atoms with E-state index in [0.29, 0.717) is 30.8 Å². The first-order valence-corrected chi connectivity index (χ1v) is 6.21. The molecule has 1 aromatic rings. The van der Waals surface area contributed by atoms with E-state index in [1.165, 1.54) is 12.4 Å². The van der Waals surface area contributed by atoms with Crippen LogP contribution in [0, 0.1) is 0 Å². The van der Waals surface area contributed by atoms with Crippen molar-refractivity contribution in [2.24, 2.45) is 0 Å². The molecule has 1 heterocycles. The van der Waals surface area contributed by atoms with Gasteiger partial charge in [0.05, 0.1) is 12.2 Å². The largest absolute Gasteiger partial charge is 0.462 e. The van der Waals surface area contributed by atoms with E-state index in [2.05, 4.69) is 9.97 Å². The van der Waals surface area contributed by atoms with Gasteiger partial charge in [0.25, 0.3) is 0 Å². The molecule has 0 amide bonds. The summed E-state index contributed by atoms with van der Waals surface area (Å²) in [4.78, 5) is 31.0. The molecule has 0 atom stereocenters. The van der Waals surface area contributed by atoms with Gasteiger partial charge in [0, 0.05) is 31.2 Å². The maximum atomic E-state index is 11.4. The van der Waals surface area contributed by atoms with Crippen LogP contribution in [0.15, 0.2) is 12.4 Å². The maximum absolute atomic E-state index is 11.4. The van der Waals surface area contributed by atoms with Gasteiger partial charge in [-0.3, -0.25) is 4.79 Å². The monoisotopic (exact) mass is 248 g/mol. The molecule has 1 aromatic heterocycles. The highest BCUT2D eigenvalue weighted by Gasteiger charge is 2.22. The molecule has 1 fully saturated rings. The molecule has 0 saturated heterocycles. The molecule has 0 bridgehead atoms. The number of Topliss-reactive ketones (excluding diaryl/α,β-unsaturated/α-hetero) is 1. The van der Waals surface area contributed by atoms with Gasteiger partial charge in [-0.05, 0) is 19.8 Å². The van der Waals surface area contributed by atoms with Crippen LogP contribution in [-0.2, 0) is 9.53 Å². The average molecular weight is 248 g/mol. The molecule has 0 aromatic carbocycles. The molecule has 0 N–H and O–H groups in total. The smallest absolute Gasteiger partial charge is 0.341 e. The summed E-state index contributed by atoms with van der Waals surface area (Å²) in [6.45, 7) is 2.09. The van der Waals surface area contributed by atoms with E-state index in [0.717, 1.165) is 18.7 Å². The Bertz CT molecular complexity index is 432. The lowest BCUT2D eigenvalue weighted by molar-refractivity contribution is -0.120. The number of esters is 1. The highest BCUT2D eigenvalue weighted by molar-refractivity contribution is 5.88. The summed E-state index contributed by atoms with van der Waals surface area (Å²) in [6, 6.07) is 0. The van der Waals surface area contributed by atoms with E-state index in [9.17, 15) is 9.59 Å². The number of ether oxygens (including phenoxy) is 1. The van der Waals surface area contributed by atoms with Gasteiger partial charge in [-0.2, -0.15) is 0 Å². The van der Waals surface area contributed by atoms with Gasteiger partial charge in [-0.1, -0.05) is 0 Å². The molecule has 0 aliphatic heterocycles. The summed E-state index contributed by atoms with van der Waals surface area (Å²) in [5.74, 6) is 0.867. The Labute approximate surface area is 106 Å². The van der Waals surface area contributed by atoms with E-state index in [4.69, 9.17) is 4.74 Å². The third-order valence-electron chi connectivity index (χ3n) is 3.09. The van der Waals surface area contributed by atoms with Crippen molar-refractivity contribution in [3.05, 3.63) is 23.8 Å². The van der Waals surface area contributed by atoms with Crippen LogP contribution in [0.2, 0.25) is 0 Å². The number of nitrogens with zero attached hydrogens (tertiary/aromatic N) is 2. The molecule has 5 nitrogen and oxygen atoms in total. The molecular weight excluding hydrogens is 232 g/mol. The minimum Gasteiger partial charge on any atom is -0.462 e. The van der Waals surface area contributed by atoms with Gasteiger partial charge in [0.1, 0.15) is 11.6 Å². The minimum atomic E-state index is -0.400. The van der Waals surface area contributed by atoms with Crippen LogP contribution in [0.3, 0.4) is 0 Å². The normalized spacial score (nSPS) is 16.6. The molecule has 2 rings (SSSR count). The van der Waals surface area contributed by atoms with Crippen LogP contribution in [0.1, 0.15) is 54.7 Å².